The number of aryl methyl sites for hydroxylation is 2. The molecule has 1 saturated heterocycles. The van der Waals surface area contributed by atoms with Crippen LogP contribution in [0.5, 0.6) is 17.2 Å². The van der Waals surface area contributed by atoms with Crippen molar-refractivity contribution >= 4 is 34.7 Å². The highest BCUT2D eigenvalue weighted by atomic mass is 35.5. The second-order valence-corrected chi connectivity index (χ2v) is 9.09. The minimum Gasteiger partial charge on any atom is -0.507 e. The van der Waals surface area contributed by atoms with Crippen LogP contribution in [-0.4, -0.2) is 37.6 Å². The van der Waals surface area contributed by atoms with E-state index in [0.717, 1.165) is 11.1 Å². The molecule has 192 valence electrons. The lowest BCUT2D eigenvalue weighted by atomic mass is 9.93. The van der Waals surface area contributed by atoms with Crippen LogP contribution in [0.1, 0.15) is 35.2 Å². The van der Waals surface area contributed by atoms with E-state index in [4.69, 9.17) is 25.8 Å². The molecule has 1 unspecified atom stereocenters. The van der Waals surface area contributed by atoms with E-state index in [1.54, 1.807) is 48.5 Å². The number of Topliss-reactive ketones (excluding diaryl/α,β-unsaturated/α-hetero) is 1. The second kappa shape index (κ2) is 10.6. The van der Waals surface area contributed by atoms with Gasteiger partial charge in [0.1, 0.15) is 11.5 Å². The molecule has 0 saturated carbocycles. The SMILES string of the molecule is CCOc1cc(C2/C(=C(\O)c3cc(C)cc(C)c3OC)C(=O)C(=O)N2c2ccc(Cl)cc2)ccc1OC. The lowest BCUT2D eigenvalue weighted by Gasteiger charge is -2.26. The fraction of sp³-hybridized carbons (Fsp3) is 0.241. The van der Waals surface area contributed by atoms with E-state index >= 15 is 0 Å². The van der Waals surface area contributed by atoms with Gasteiger partial charge in [0.25, 0.3) is 11.7 Å². The van der Waals surface area contributed by atoms with Gasteiger partial charge < -0.3 is 19.3 Å². The third kappa shape index (κ3) is 4.74. The van der Waals surface area contributed by atoms with E-state index in [1.807, 2.05) is 26.8 Å². The van der Waals surface area contributed by atoms with Gasteiger partial charge in [-0.05, 0) is 79.9 Å². The molecule has 1 heterocycles. The molecule has 37 heavy (non-hydrogen) atoms. The van der Waals surface area contributed by atoms with Crippen molar-refractivity contribution < 1.29 is 28.9 Å². The van der Waals surface area contributed by atoms with Gasteiger partial charge in [-0.2, -0.15) is 0 Å². The molecule has 1 aliphatic heterocycles. The van der Waals surface area contributed by atoms with Gasteiger partial charge in [0.05, 0.1) is 38.0 Å². The zero-order chi connectivity index (χ0) is 26.9. The van der Waals surface area contributed by atoms with Crippen LogP contribution in [0.15, 0.2) is 60.2 Å². The van der Waals surface area contributed by atoms with E-state index in [2.05, 4.69) is 0 Å². The largest absolute Gasteiger partial charge is 0.507 e. The van der Waals surface area contributed by atoms with Crippen molar-refractivity contribution in [2.45, 2.75) is 26.8 Å². The molecule has 0 bridgehead atoms. The molecule has 3 aromatic rings. The highest BCUT2D eigenvalue weighted by molar-refractivity contribution is 6.51. The first kappa shape index (κ1) is 26.1. The predicted molar refractivity (Wildman–Crippen MR) is 143 cm³/mol. The number of halogens is 1. The summed E-state index contributed by atoms with van der Waals surface area (Å²) in [6.45, 7) is 5.96. The zero-order valence-corrected chi connectivity index (χ0v) is 22.1. The molecule has 1 fully saturated rings. The lowest BCUT2D eigenvalue weighted by molar-refractivity contribution is -0.132. The molecular weight excluding hydrogens is 494 g/mol. The van der Waals surface area contributed by atoms with Crippen molar-refractivity contribution in [1.29, 1.82) is 0 Å². The van der Waals surface area contributed by atoms with Crippen LogP contribution in [0.2, 0.25) is 5.02 Å². The number of benzene rings is 3. The fourth-order valence-electron chi connectivity index (χ4n) is 4.69. The summed E-state index contributed by atoms with van der Waals surface area (Å²) in [6, 6.07) is 14.5. The van der Waals surface area contributed by atoms with Gasteiger partial charge >= 0.3 is 0 Å². The van der Waals surface area contributed by atoms with Gasteiger partial charge in [-0.15, -0.1) is 0 Å². The number of rotatable bonds is 7. The van der Waals surface area contributed by atoms with Crippen molar-refractivity contribution in [1.82, 2.24) is 0 Å². The molecule has 0 aromatic heterocycles. The van der Waals surface area contributed by atoms with Crippen molar-refractivity contribution in [3.05, 3.63) is 87.4 Å². The van der Waals surface area contributed by atoms with Gasteiger partial charge in [-0.25, -0.2) is 0 Å². The van der Waals surface area contributed by atoms with E-state index in [9.17, 15) is 14.7 Å². The number of carbonyl (C=O) groups is 2. The first-order valence-electron chi connectivity index (χ1n) is 11.7. The Morgan fingerprint density at radius 2 is 1.68 bits per heavy atom. The summed E-state index contributed by atoms with van der Waals surface area (Å²) in [5.41, 5.74) is 2.94. The molecule has 3 aromatic carbocycles. The van der Waals surface area contributed by atoms with E-state index in [1.165, 1.54) is 19.1 Å². The number of ketones is 1. The molecule has 4 rings (SSSR count). The van der Waals surface area contributed by atoms with Crippen LogP contribution in [0.25, 0.3) is 5.76 Å². The Balaban J connectivity index is 2.02. The summed E-state index contributed by atoms with van der Waals surface area (Å²) in [7, 11) is 3.03. The maximum absolute atomic E-state index is 13.5. The third-order valence-corrected chi connectivity index (χ3v) is 6.48. The van der Waals surface area contributed by atoms with E-state index in [-0.39, 0.29) is 11.3 Å². The standard InChI is InChI=1S/C29H28ClNO6/c1-6-37-23-15-18(7-12-22(23)35-4)25-24(26(32)21-14-16(2)13-17(3)28(21)36-5)27(33)29(34)31(25)20-10-8-19(30)9-11-20/h7-15,25,32H,6H2,1-5H3/b26-24+. The number of ether oxygens (including phenoxy) is 3. The summed E-state index contributed by atoms with van der Waals surface area (Å²) in [6.07, 6.45) is 0. The molecule has 1 atom stereocenters. The summed E-state index contributed by atoms with van der Waals surface area (Å²) >= 11 is 6.08. The van der Waals surface area contributed by atoms with Crippen LogP contribution >= 0.6 is 11.6 Å². The molecule has 1 N–H and O–H groups in total. The van der Waals surface area contributed by atoms with Crippen molar-refractivity contribution in [2.75, 3.05) is 25.7 Å². The number of aliphatic hydroxyl groups is 1. The number of anilines is 1. The predicted octanol–water partition coefficient (Wildman–Crippen LogP) is 6.00. The number of aliphatic hydroxyl groups excluding tert-OH is 1. The Kier molecular flexibility index (Phi) is 7.45. The van der Waals surface area contributed by atoms with Crippen LogP contribution < -0.4 is 19.1 Å². The number of hydrogen-bond acceptors (Lipinski definition) is 6. The van der Waals surface area contributed by atoms with Gasteiger partial charge in [-0.3, -0.25) is 14.5 Å². The average molecular weight is 522 g/mol. The van der Waals surface area contributed by atoms with Gasteiger partial charge in [0.2, 0.25) is 0 Å². The maximum atomic E-state index is 13.5. The fourth-order valence-corrected chi connectivity index (χ4v) is 4.82. The molecule has 1 amide bonds. The van der Waals surface area contributed by atoms with Gasteiger partial charge in [0.15, 0.2) is 11.5 Å². The van der Waals surface area contributed by atoms with E-state index in [0.29, 0.717) is 45.7 Å². The highest BCUT2D eigenvalue weighted by Gasteiger charge is 2.47. The Morgan fingerprint density at radius 1 is 0.973 bits per heavy atom. The minimum absolute atomic E-state index is 0.0594. The smallest absolute Gasteiger partial charge is 0.300 e. The lowest BCUT2D eigenvalue weighted by Crippen LogP contribution is -2.29. The number of methoxy groups -OCH3 is 2. The average Bonchev–Trinajstić information content (AvgIpc) is 3.14. The second-order valence-electron chi connectivity index (χ2n) is 8.65. The minimum atomic E-state index is -0.947. The number of nitrogens with zero attached hydrogens (tertiary/aromatic N) is 1. The first-order valence-corrected chi connectivity index (χ1v) is 12.1. The molecule has 0 radical (unpaired) electrons. The van der Waals surface area contributed by atoms with Crippen molar-refractivity contribution in [3.8, 4) is 17.2 Å². The van der Waals surface area contributed by atoms with E-state index < -0.39 is 17.7 Å². The Morgan fingerprint density at radius 3 is 2.30 bits per heavy atom. The Labute approximate surface area is 220 Å². The topological polar surface area (TPSA) is 85.3 Å². The number of hydrogen-bond donors (Lipinski definition) is 1. The van der Waals surface area contributed by atoms with Crippen LogP contribution in [0.3, 0.4) is 0 Å². The summed E-state index contributed by atoms with van der Waals surface area (Å²) in [5, 5.41) is 12.1. The molecular formula is C29H28ClNO6. The molecule has 1 aliphatic rings. The maximum Gasteiger partial charge on any atom is 0.300 e. The summed E-state index contributed by atoms with van der Waals surface area (Å²) < 4.78 is 16.7. The zero-order valence-electron chi connectivity index (χ0n) is 21.3. The number of carbonyl (C=O) groups excluding carboxylic acids is 2. The van der Waals surface area contributed by atoms with Gasteiger partial charge in [0, 0.05) is 10.7 Å². The monoisotopic (exact) mass is 521 g/mol. The van der Waals surface area contributed by atoms with Crippen molar-refractivity contribution in [3.63, 3.8) is 0 Å². The Hall–Kier alpha value is -3.97. The normalized spacial score (nSPS) is 16.7. The molecule has 0 spiro atoms. The van der Waals surface area contributed by atoms with Crippen LogP contribution in [0.4, 0.5) is 5.69 Å². The highest BCUT2D eigenvalue weighted by Crippen LogP contribution is 2.45. The van der Waals surface area contributed by atoms with Crippen molar-refractivity contribution in [2.24, 2.45) is 0 Å². The van der Waals surface area contributed by atoms with Gasteiger partial charge in [-0.1, -0.05) is 23.7 Å². The molecule has 7 nitrogen and oxygen atoms in total. The number of amides is 1. The van der Waals surface area contributed by atoms with Crippen LogP contribution in [-0.2, 0) is 9.59 Å². The third-order valence-electron chi connectivity index (χ3n) is 6.23. The molecule has 0 aliphatic carbocycles. The Bertz CT molecular complexity index is 1400. The first-order chi connectivity index (χ1) is 17.7. The molecule has 8 heteroatoms. The van der Waals surface area contributed by atoms with Crippen LogP contribution in [0, 0.1) is 13.8 Å². The summed E-state index contributed by atoms with van der Waals surface area (Å²) in [5.74, 6) is -0.529. The quantitative estimate of drug-likeness (QED) is 0.233. The summed E-state index contributed by atoms with van der Waals surface area (Å²) in [4.78, 5) is 28.3.